The smallest absolute Gasteiger partial charge is 0.280 e. The van der Waals surface area contributed by atoms with Gasteiger partial charge in [0.15, 0.2) is 5.96 Å². The molecule has 0 spiro atoms. The quantitative estimate of drug-likeness (QED) is 0.673. The van der Waals surface area contributed by atoms with Crippen molar-refractivity contribution < 1.29 is 4.79 Å². The third kappa shape index (κ3) is 3.08. The number of nitrogens with two attached hydrogens (primary N) is 2. The monoisotopic (exact) mass is 319 g/mol. The predicted octanol–water partition coefficient (Wildman–Crippen LogP) is 3.26. The highest BCUT2D eigenvalue weighted by Crippen LogP contribution is 2.37. The van der Waals surface area contributed by atoms with Crippen LogP contribution in [0.3, 0.4) is 0 Å². The van der Waals surface area contributed by atoms with E-state index in [1.165, 1.54) is 22.3 Å². The maximum absolute atomic E-state index is 12.2. The summed E-state index contributed by atoms with van der Waals surface area (Å²) in [5, 5.41) is 0. The minimum absolute atomic E-state index is 0.217. The van der Waals surface area contributed by atoms with Gasteiger partial charge < -0.3 is 11.5 Å². The molecule has 0 saturated heterocycles. The van der Waals surface area contributed by atoms with Gasteiger partial charge in [-0.1, -0.05) is 48.9 Å². The number of aryl methyl sites for hydroxylation is 1. The third-order valence-electron chi connectivity index (χ3n) is 4.40. The molecule has 4 N–H and O–H groups in total. The summed E-state index contributed by atoms with van der Waals surface area (Å²) in [6.45, 7) is 2.18. The average molecular weight is 319 g/mol. The summed E-state index contributed by atoms with van der Waals surface area (Å²) in [4.78, 5) is 15.8. The first kappa shape index (κ1) is 16.0. The first-order chi connectivity index (χ1) is 11.6. The second-order valence-corrected chi connectivity index (χ2v) is 5.91. The van der Waals surface area contributed by atoms with Crippen molar-refractivity contribution in [3.05, 3.63) is 76.4 Å². The number of allylic oxidation sites excluding steroid dienone is 1. The van der Waals surface area contributed by atoms with E-state index in [2.05, 4.69) is 24.0 Å². The van der Waals surface area contributed by atoms with E-state index in [9.17, 15) is 4.79 Å². The highest BCUT2D eigenvalue weighted by atomic mass is 16.1. The molecule has 1 aliphatic carbocycles. The lowest BCUT2D eigenvalue weighted by molar-refractivity contribution is 0.100. The average Bonchev–Trinajstić information content (AvgIpc) is 2.60. The van der Waals surface area contributed by atoms with Crippen molar-refractivity contribution in [2.45, 2.75) is 26.2 Å². The summed E-state index contributed by atoms with van der Waals surface area (Å²) < 4.78 is 0. The summed E-state index contributed by atoms with van der Waals surface area (Å²) in [5.74, 6) is -0.625. The minimum atomic E-state index is -0.408. The van der Waals surface area contributed by atoms with Gasteiger partial charge >= 0.3 is 0 Å². The Morgan fingerprint density at radius 1 is 1.08 bits per heavy atom. The lowest BCUT2D eigenvalue weighted by Gasteiger charge is -2.24. The highest BCUT2D eigenvalue weighted by Gasteiger charge is 2.20. The molecule has 0 unspecified atom stereocenters. The molecule has 0 aromatic heterocycles. The van der Waals surface area contributed by atoms with Crippen LogP contribution in [0, 0.1) is 0 Å². The Morgan fingerprint density at radius 2 is 1.83 bits per heavy atom. The fraction of sp³-hybridized carbons (Fsp3) is 0.200. The zero-order chi connectivity index (χ0) is 17.1. The van der Waals surface area contributed by atoms with Gasteiger partial charge in [-0.2, -0.15) is 4.99 Å². The number of amides is 1. The Bertz CT molecular complexity index is 831. The summed E-state index contributed by atoms with van der Waals surface area (Å²) in [7, 11) is 0. The summed E-state index contributed by atoms with van der Waals surface area (Å²) in [6.07, 6.45) is 3.04. The van der Waals surface area contributed by atoms with Crippen molar-refractivity contribution in [2.75, 3.05) is 0 Å². The van der Waals surface area contributed by atoms with Crippen LogP contribution in [0.4, 0.5) is 0 Å². The molecule has 4 nitrogen and oxygen atoms in total. The largest absolute Gasteiger partial charge is 0.370 e. The molecule has 4 heteroatoms. The molecule has 0 heterocycles. The van der Waals surface area contributed by atoms with Crippen LogP contribution in [0.25, 0.3) is 5.57 Å². The Kier molecular flexibility index (Phi) is 4.47. The Hall–Kier alpha value is -2.88. The SMILES string of the molecule is CCC1=C(c2ccccc2)c2cc(C(=O)N=C(N)N)ccc2CC1. The van der Waals surface area contributed by atoms with E-state index in [1.54, 1.807) is 6.07 Å². The van der Waals surface area contributed by atoms with Gasteiger partial charge in [-0.25, -0.2) is 0 Å². The number of nitrogens with zero attached hydrogens (tertiary/aromatic N) is 1. The Balaban J connectivity index is 2.15. The van der Waals surface area contributed by atoms with E-state index in [1.807, 2.05) is 30.3 Å². The van der Waals surface area contributed by atoms with Crippen LogP contribution in [0.2, 0.25) is 0 Å². The van der Waals surface area contributed by atoms with Crippen molar-refractivity contribution in [2.24, 2.45) is 16.5 Å². The molecule has 0 fully saturated rings. The van der Waals surface area contributed by atoms with Gasteiger partial charge in [0.25, 0.3) is 5.91 Å². The molecule has 0 aliphatic heterocycles. The zero-order valence-electron chi connectivity index (χ0n) is 13.8. The molecule has 3 rings (SSSR count). The predicted molar refractivity (Wildman–Crippen MR) is 97.7 cm³/mol. The Labute approximate surface area is 141 Å². The number of aliphatic imine (C=N–C) groups is 1. The molecule has 2 aromatic carbocycles. The van der Waals surface area contributed by atoms with Gasteiger partial charge in [-0.3, -0.25) is 4.79 Å². The number of fused-ring (bicyclic) bond motifs is 1. The van der Waals surface area contributed by atoms with Crippen LogP contribution in [0.1, 0.15) is 46.8 Å². The fourth-order valence-corrected chi connectivity index (χ4v) is 3.26. The number of guanidine groups is 1. The number of hydrogen-bond acceptors (Lipinski definition) is 1. The molecule has 1 amide bonds. The molecule has 1 aliphatic rings. The van der Waals surface area contributed by atoms with Gasteiger partial charge in [0.1, 0.15) is 0 Å². The number of benzene rings is 2. The highest BCUT2D eigenvalue weighted by molar-refractivity contribution is 6.03. The first-order valence-electron chi connectivity index (χ1n) is 8.15. The van der Waals surface area contributed by atoms with Crippen molar-refractivity contribution in [1.82, 2.24) is 0 Å². The van der Waals surface area contributed by atoms with Crippen LogP contribution in [0.15, 0.2) is 59.1 Å². The van der Waals surface area contributed by atoms with E-state index in [-0.39, 0.29) is 5.96 Å². The molecule has 24 heavy (non-hydrogen) atoms. The van der Waals surface area contributed by atoms with Crippen LogP contribution in [-0.4, -0.2) is 11.9 Å². The topological polar surface area (TPSA) is 81.5 Å². The van der Waals surface area contributed by atoms with Gasteiger partial charge in [-0.15, -0.1) is 0 Å². The van der Waals surface area contributed by atoms with Gasteiger partial charge in [-0.05, 0) is 53.7 Å². The second kappa shape index (κ2) is 6.71. The standard InChI is InChI=1S/C20H21N3O/c1-2-13-8-9-14-10-11-16(19(24)23-20(21)22)12-17(14)18(13)15-6-4-3-5-7-15/h3-7,10-12H,2,8-9H2,1H3,(H4,21,22,23,24). The van der Waals surface area contributed by atoms with Gasteiger partial charge in [0.05, 0.1) is 0 Å². The minimum Gasteiger partial charge on any atom is -0.370 e. The fourth-order valence-electron chi connectivity index (χ4n) is 3.26. The summed E-state index contributed by atoms with van der Waals surface area (Å²) in [5.41, 5.74) is 17.4. The van der Waals surface area contributed by atoms with Gasteiger partial charge in [0.2, 0.25) is 0 Å². The van der Waals surface area contributed by atoms with E-state index in [0.717, 1.165) is 24.8 Å². The van der Waals surface area contributed by atoms with Crippen LogP contribution < -0.4 is 11.5 Å². The molecular weight excluding hydrogens is 298 g/mol. The van der Waals surface area contributed by atoms with Crippen molar-refractivity contribution in [3.8, 4) is 0 Å². The lowest BCUT2D eigenvalue weighted by atomic mass is 9.80. The van der Waals surface area contributed by atoms with Crippen LogP contribution in [-0.2, 0) is 6.42 Å². The Morgan fingerprint density at radius 3 is 2.50 bits per heavy atom. The number of carbonyl (C=O) groups excluding carboxylic acids is 1. The van der Waals surface area contributed by atoms with E-state index >= 15 is 0 Å². The van der Waals surface area contributed by atoms with Crippen LogP contribution in [0.5, 0.6) is 0 Å². The van der Waals surface area contributed by atoms with E-state index in [4.69, 9.17) is 11.5 Å². The molecule has 0 atom stereocenters. The third-order valence-corrected chi connectivity index (χ3v) is 4.40. The first-order valence-corrected chi connectivity index (χ1v) is 8.15. The molecule has 0 radical (unpaired) electrons. The molecule has 2 aromatic rings. The maximum Gasteiger partial charge on any atom is 0.280 e. The number of carbonyl (C=O) groups is 1. The number of rotatable bonds is 3. The van der Waals surface area contributed by atoms with Crippen LogP contribution >= 0.6 is 0 Å². The van der Waals surface area contributed by atoms with Gasteiger partial charge in [0, 0.05) is 5.56 Å². The molecule has 122 valence electrons. The normalized spacial score (nSPS) is 13.4. The maximum atomic E-state index is 12.2. The van der Waals surface area contributed by atoms with Crippen molar-refractivity contribution in [1.29, 1.82) is 0 Å². The van der Waals surface area contributed by atoms with E-state index in [0.29, 0.717) is 5.56 Å². The summed E-state index contributed by atoms with van der Waals surface area (Å²) in [6, 6.07) is 16.1. The van der Waals surface area contributed by atoms with Crippen molar-refractivity contribution in [3.63, 3.8) is 0 Å². The lowest BCUT2D eigenvalue weighted by Crippen LogP contribution is -2.24. The molecular formula is C20H21N3O. The number of hydrogen-bond donors (Lipinski definition) is 2. The van der Waals surface area contributed by atoms with Crippen molar-refractivity contribution >= 4 is 17.4 Å². The second-order valence-electron chi connectivity index (χ2n) is 5.91. The summed E-state index contributed by atoms with van der Waals surface area (Å²) >= 11 is 0. The molecule has 0 bridgehead atoms. The zero-order valence-corrected chi connectivity index (χ0v) is 13.8. The van der Waals surface area contributed by atoms with E-state index < -0.39 is 5.91 Å². The molecule has 0 saturated carbocycles.